The van der Waals surface area contributed by atoms with Crippen molar-refractivity contribution in [2.75, 3.05) is 6.54 Å². The van der Waals surface area contributed by atoms with Crippen LogP contribution in [0.1, 0.15) is 39.8 Å². The van der Waals surface area contributed by atoms with Crippen molar-refractivity contribution in [3.63, 3.8) is 0 Å². The lowest BCUT2D eigenvalue weighted by Crippen LogP contribution is -2.34. The maximum absolute atomic E-state index is 12.1. The molecule has 0 saturated carbocycles. The first-order valence-electron chi connectivity index (χ1n) is 6.81. The van der Waals surface area contributed by atoms with Crippen LogP contribution >= 0.6 is 0 Å². The van der Waals surface area contributed by atoms with Gasteiger partial charge < -0.3 is 10.5 Å². The van der Waals surface area contributed by atoms with Crippen molar-refractivity contribution in [3.05, 3.63) is 18.0 Å². The SMILES string of the molecule is CCCn1nccc1CC(CN)C(=O)OC(C)(C)C. The van der Waals surface area contributed by atoms with Gasteiger partial charge in [0.25, 0.3) is 0 Å². The Hall–Kier alpha value is -1.36. The van der Waals surface area contributed by atoms with Gasteiger partial charge in [0.05, 0.1) is 5.92 Å². The number of hydrogen-bond donors (Lipinski definition) is 1. The fourth-order valence-electron chi connectivity index (χ4n) is 1.85. The highest BCUT2D eigenvalue weighted by Gasteiger charge is 2.25. The second-order valence-electron chi connectivity index (χ2n) is 5.72. The fraction of sp³-hybridized carbons (Fsp3) is 0.714. The highest BCUT2D eigenvalue weighted by Crippen LogP contribution is 2.15. The Kier molecular flexibility index (Phi) is 5.54. The number of carbonyl (C=O) groups is 1. The van der Waals surface area contributed by atoms with E-state index in [1.165, 1.54) is 0 Å². The fourth-order valence-corrected chi connectivity index (χ4v) is 1.85. The summed E-state index contributed by atoms with van der Waals surface area (Å²) in [5, 5.41) is 4.25. The standard InChI is InChI=1S/C14H25N3O2/c1-5-8-17-12(6-7-16-17)9-11(10-15)13(18)19-14(2,3)4/h6-7,11H,5,8-10,15H2,1-4H3. The summed E-state index contributed by atoms with van der Waals surface area (Å²) < 4.78 is 7.31. The Morgan fingerprint density at radius 1 is 1.53 bits per heavy atom. The number of aromatic nitrogens is 2. The first-order valence-corrected chi connectivity index (χ1v) is 6.81. The Morgan fingerprint density at radius 3 is 2.74 bits per heavy atom. The summed E-state index contributed by atoms with van der Waals surface area (Å²) in [6, 6.07) is 1.93. The van der Waals surface area contributed by atoms with Gasteiger partial charge in [-0.05, 0) is 33.3 Å². The third-order valence-corrected chi connectivity index (χ3v) is 2.72. The smallest absolute Gasteiger partial charge is 0.311 e. The molecule has 0 saturated heterocycles. The van der Waals surface area contributed by atoms with Crippen LogP contribution in [0.4, 0.5) is 0 Å². The third kappa shape index (κ3) is 5.03. The van der Waals surface area contributed by atoms with Crippen LogP contribution < -0.4 is 5.73 Å². The van der Waals surface area contributed by atoms with Crippen molar-refractivity contribution in [1.29, 1.82) is 0 Å². The number of rotatable bonds is 6. The average Bonchev–Trinajstić information content (AvgIpc) is 2.71. The molecule has 5 heteroatoms. The topological polar surface area (TPSA) is 70.1 Å². The summed E-state index contributed by atoms with van der Waals surface area (Å²) in [7, 11) is 0. The van der Waals surface area contributed by atoms with Crippen molar-refractivity contribution >= 4 is 5.97 Å². The molecule has 108 valence electrons. The summed E-state index contributed by atoms with van der Waals surface area (Å²) >= 11 is 0. The van der Waals surface area contributed by atoms with Crippen LogP contribution in [0.15, 0.2) is 12.3 Å². The van der Waals surface area contributed by atoms with E-state index in [0.717, 1.165) is 18.7 Å². The predicted octanol–water partition coefficient (Wildman–Crippen LogP) is 1.75. The number of nitrogens with two attached hydrogens (primary N) is 1. The summed E-state index contributed by atoms with van der Waals surface area (Å²) in [5.41, 5.74) is 6.26. The molecule has 0 fully saturated rings. The molecule has 0 radical (unpaired) electrons. The number of nitrogens with zero attached hydrogens (tertiary/aromatic N) is 2. The molecule has 1 rings (SSSR count). The van der Waals surface area contributed by atoms with Crippen LogP contribution in [0.3, 0.4) is 0 Å². The van der Waals surface area contributed by atoms with Crippen LogP contribution in [0.2, 0.25) is 0 Å². The number of aryl methyl sites for hydroxylation is 1. The van der Waals surface area contributed by atoms with E-state index < -0.39 is 5.60 Å². The van der Waals surface area contributed by atoms with Gasteiger partial charge in [0.2, 0.25) is 0 Å². The Labute approximate surface area is 115 Å². The maximum atomic E-state index is 12.1. The van der Waals surface area contributed by atoms with Gasteiger partial charge in [-0.3, -0.25) is 9.48 Å². The van der Waals surface area contributed by atoms with Crippen molar-refractivity contribution in [3.8, 4) is 0 Å². The number of ether oxygens (including phenoxy) is 1. The zero-order valence-electron chi connectivity index (χ0n) is 12.3. The van der Waals surface area contributed by atoms with Crippen molar-refractivity contribution in [1.82, 2.24) is 9.78 Å². The van der Waals surface area contributed by atoms with Gasteiger partial charge in [0.1, 0.15) is 5.60 Å². The molecule has 19 heavy (non-hydrogen) atoms. The summed E-state index contributed by atoms with van der Waals surface area (Å²) in [5.74, 6) is -0.550. The van der Waals surface area contributed by atoms with E-state index in [0.29, 0.717) is 6.42 Å². The molecule has 2 N–H and O–H groups in total. The molecule has 1 atom stereocenters. The molecule has 0 aliphatic carbocycles. The van der Waals surface area contributed by atoms with Crippen molar-refractivity contribution < 1.29 is 9.53 Å². The lowest BCUT2D eigenvalue weighted by Gasteiger charge is -2.23. The maximum Gasteiger partial charge on any atom is 0.311 e. The minimum absolute atomic E-state index is 0.237. The molecule has 1 unspecified atom stereocenters. The van der Waals surface area contributed by atoms with Crippen molar-refractivity contribution in [2.24, 2.45) is 11.7 Å². The van der Waals surface area contributed by atoms with Gasteiger partial charge in [-0.25, -0.2) is 0 Å². The molecule has 0 spiro atoms. The first-order chi connectivity index (χ1) is 8.87. The van der Waals surface area contributed by atoms with Gasteiger partial charge in [-0.1, -0.05) is 6.92 Å². The Bertz CT molecular complexity index is 407. The summed E-state index contributed by atoms with van der Waals surface area (Å²) in [4.78, 5) is 12.1. The minimum atomic E-state index is -0.478. The van der Waals surface area contributed by atoms with Crippen molar-refractivity contribution in [2.45, 2.75) is 52.7 Å². The molecular formula is C14H25N3O2. The van der Waals surface area contributed by atoms with E-state index in [9.17, 15) is 4.79 Å². The normalized spacial score (nSPS) is 13.3. The monoisotopic (exact) mass is 267 g/mol. The highest BCUT2D eigenvalue weighted by atomic mass is 16.6. The van der Waals surface area contributed by atoms with Gasteiger partial charge in [0, 0.05) is 31.4 Å². The van der Waals surface area contributed by atoms with Crippen LogP contribution in [0.5, 0.6) is 0 Å². The second-order valence-corrected chi connectivity index (χ2v) is 5.72. The quantitative estimate of drug-likeness (QED) is 0.797. The van der Waals surface area contributed by atoms with E-state index in [2.05, 4.69) is 12.0 Å². The largest absolute Gasteiger partial charge is 0.460 e. The molecule has 5 nitrogen and oxygen atoms in total. The molecule has 0 aromatic carbocycles. The molecule has 1 aromatic heterocycles. The lowest BCUT2D eigenvalue weighted by atomic mass is 10.0. The molecule has 0 bridgehead atoms. The predicted molar refractivity (Wildman–Crippen MR) is 74.6 cm³/mol. The zero-order valence-corrected chi connectivity index (χ0v) is 12.3. The van der Waals surface area contributed by atoms with Gasteiger partial charge in [-0.15, -0.1) is 0 Å². The zero-order chi connectivity index (χ0) is 14.5. The van der Waals surface area contributed by atoms with Crippen LogP contribution in [-0.2, 0) is 22.5 Å². The second kappa shape index (κ2) is 6.70. The van der Waals surface area contributed by atoms with E-state index in [1.807, 2.05) is 31.5 Å². The number of hydrogen-bond acceptors (Lipinski definition) is 4. The summed E-state index contributed by atoms with van der Waals surface area (Å²) in [6.45, 7) is 8.82. The number of esters is 1. The van der Waals surface area contributed by atoms with E-state index >= 15 is 0 Å². The van der Waals surface area contributed by atoms with Crippen LogP contribution in [-0.4, -0.2) is 27.9 Å². The van der Waals surface area contributed by atoms with Gasteiger partial charge in [0.15, 0.2) is 0 Å². The van der Waals surface area contributed by atoms with Crippen LogP contribution in [0.25, 0.3) is 0 Å². The van der Waals surface area contributed by atoms with Gasteiger partial charge >= 0.3 is 5.97 Å². The molecule has 0 aliphatic rings. The number of carbonyl (C=O) groups excluding carboxylic acids is 1. The highest BCUT2D eigenvalue weighted by molar-refractivity contribution is 5.73. The molecule has 1 heterocycles. The minimum Gasteiger partial charge on any atom is -0.460 e. The lowest BCUT2D eigenvalue weighted by molar-refractivity contribution is -0.159. The van der Waals surface area contributed by atoms with E-state index in [4.69, 9.17) is 10.5 Å². The third-order valence-electron chi connectivity index (χ3n) is 2.72. The average molecular weight is 267 g/mol. The Balaban J connectivity index is 2.71. The summed E-state index contributed by atoms with van der Waals surface area (Å²) in [6.07, 6.45) is 3.34. The first kappa shape index (κ1) is 15.7. The molecule has 0 aliphatic heterocycles. The van der Waals surface area contributed by atoms with E-state index in [1.54, 1.807) is 6.20 Å². The molecule has 0 amide bonds. The van der Waals surface area contributed by atoms with Crippen LogP contribution in [0, 0.1) is 5.92 Å². The van der Waals surface area contributed by atoms with Gasteiger partial charge in [-0.2, -0.15) is 5.10 Å². The van der Waals surface area contributed by atoms with E-state index in [-0.39, 0.29) is 18.4 Å². The molecule has 1 aromatic rings. The molecular weight excluding hydrogens is 242 g/mol. The Morgan fingerprint density at radius 2 is 2.21 bits per heavy atom.